The predicted molar refractivity (Wildman–Crippen MR) is 41.2 cm³/mol. The van der Waals surface area contributed by atoms with Crippen molar-refractivity contribution in [1.29, 1.82) is 0 Å². The molecule has 1 aliphatic heterocycles. The zero-order valence-electron chi connectivity index (χ0n) is 6.01. The topological polar surface area (TPSA) is 9.23 Å². The van der Waals surface area contributed by atoms with Crippen molar-refractivity contribution in [2.75, 3.05) is 13.2 Å². The van der Waals surface area contributed by atoms with Crippen LogP contribution in [0.4, 0.5) is 0 Å². The van der Waals surface area contributed by atoms with Gasteiger partial charge in [-0.15, -0.1) is 0 Å². The summed E-state index contributed by atoms with van der Waals surface area (Å²) in [6.45, 7) is 5.82. The van der Waals surface area contributed by atoms with E-state index in [0.29, 0.717) is 0 Å². The summed E-state index contributed by atoms with van der Waals surface area (Å²) in [6, 6.07) is 0. The molecule has 10 heavy (non-hydrogen) atoms. The quantitative estimate of drug-likeness (QED) is 0.454. The summed E-state index contributed by atoms with van der Waals surface area (Å²) in [6.07, 6.45) is 2.09. The van der Waals surface area contributed by atoms with E-state index >= 15 is 0 Å². The van der Waals surface area contributed by atoms with E-state index in [9.17, 15) is 0 Å². The van der Waals surface area contributed by atoms with Crippen molar-refractivity contribution in [1.82, 2.24) is 0 Å². The molecule has 0 N–H and O–H groups in total. The number of rotatable bonds is 2. The molecule has 0 unspecified atom stereocenters. The molecule has 0 aromatic rings. The molecule has 0 spiro atoms. The van der Waals surface area contributed by atoms with Crippen LogP contribution in [0.25, 0.3) is 0 Å². The van der Waals surface area contributed by atoms with Crippen LogP contribution in [0.15, 0.2) is 12.7 Å². The molecule has 1 nitrogen and oxygen atoms in total. The van der Waals surface area contributed by atoms with Gasteiger partial charge in [-0.3, -0.25) is 0 Å². The molecular weight excluding hydrogens is 308 g/mol. The molecule has 1 heterocycles. The molecule has 0 atom stereocenters. The Morgan fingerprint density at radius 3 is 2.50 bits per heavy atom. The van der Waals surface area contributed by atoms with E-state index in [1.54, 1.807) is 0 Å². The molecule has 60 valence electrons. The molecule has 3 heteroatoms. The van der Waals surface area contributed by atoms with Crippen molar-refractivity contribution >= 4 is 19.6 Å². The zero-order chi connectivity index (χ0) is 6.53. The summed E-state index contributed by atoms with van der Waals surface area (Å²) in [5, 5.41) is 0. The van der Waals surface area contributed by atoms with Gasteiger partial charge in [-0.1, -0.05) is 0 Å². The van der Waals surface area contributed by atoms with E-state index in [4.69, 9.17) is 4.74 Å². The first-order valence-electron chi connectivity index (χ1n) is 3.26. The molecule has 0 aromatic heterocycles. The third kappa shape index (κ3) is 3.98. The van der Waals surface area contributed by atoms with E-state index in [1.165, 1.54) is 13.4 Å². The summed E-state index contributed by atoms with van der Waals surface area (Å²) >= 11 is -0.644. The Balaban J connectivity index is 0.000000810. The monoisotopic (exact) mass is 322 g/mol. The average Bonchev–Trinajstić information content (AvgIpc) is 1.91. The summed E-state index contributed by atoms with van der Waals surface area (Å²) in [5.74, 6) is 0. The second kappa shape index (κ2) is 6.67. The maximum Gasteiger partial charge on any atom is -1.00 e. The first-order valence-corrected chi connectivity index (χ1v) is 8.20. The van der Waals surface area contributed by atoms with Crippen molar-refractivity contribution < 1.29 is 21.7 Å². The van der Waals surface area contributed by atoms with E-state index in [0.717, 1.165) is 13.2 Å². The van der Waals surface area contributed by atoms with Crippen LogP contribution < -0.4 is 17.0 Å². The van der Waals surface area contributed by atoms with Gasteiger partial charge in [0.05, 0.1) is 0 Å². The Morgan fingerprint density at radius 1 is 1.40 bits per heavy atom. The molecule has 0 radical (unpaired) electrons. The molecular formula is C7H13BrOTe. The first-order chi connectivity index (χ1) is 4.43. The average molecular weight is 321 g/mol. The number of hydrogen-bond donors (Lipinski definition) is 0. The Kier molecular flexibility index (Phi) is 7.31. The molecule has 0 amide bonds. The second-order valence-electron chi connectivity index (χ2n) is 2.09. The van der Waals surface area contributed by atoms with Gasteiger partial charge in [0.15, 0.2) is 0 Å². The SMILES string of the molecule is C=CC[Te+]1CCOCC1.[Br-]. The van der Waals surface area contributed by atoms with Gasteiger partial charge >= 0.3 is 63.6 Å². The van der Waals surface area contributed by atoms with Crippen LogP contribution in [-0.2, 0) is 4.74 Å². The summed E-state index contributed by atoms with van der Waals surface area (Å²) in [5.41, 5.74) is 0. The largest absolute Gasteiger partial charge is 1.00 e. The molecule has 0 saturated carbocycles. The van der Waals surface area contributed by atoms with Gasteiger partial charge in [-0.25, -0.2) is 0 Å². The molecule has 1 aliphatic rings. The summed E-state index contributed by atoms with van der Waals surface area (Å²) < 4.78 is 9.39. The van der Waals surface area contributed by atoms with Gasteiger partial charge in [0, 0.05) is 0 Å². The Morgan fingerprint density at radius 2 is 2.00 bits per heavy atom. The van der Waals surface area contributed by atoms with Gasteiger partial charge in [-0.05, 0) is 0 Å². The van der Waals surface area contributed by atoms with E-state index < -0.39 is 19.6 Å². The third-order valence-corrected chi connectivity index (χ3v) is 7.65. The van der Waals surface area contributed by atoms with Gasteiger partial charge in [0.1, 0.15) is 0 Å². The van der Waals surface area contributed by atoms with Gasteiger partial charge in [0.25, 0.3) is 0 Å². The van der Waals surface area contributed by atoms with Gasteiger partial charge < -0.3 is 17.0 Å². The predicted octanol–water partition coefficient (Wildman–Crippen LogP) is -1.30. The number of hydrogen-bond acceptors (Lipinski definition) is 1. The van der Waals surface area contributed by atoms with Crippen molar-refractivity contribution in [2.45, 2.75) is 13.4 Å². The Bertz CT molecular complexity index is 91.6. The van der Waals surface area contributed by atoms with Crippen LogP contribution >= 0.6 is 0 Å². The van der Waals surface area contributed by atoms with Crippen molar-refractivity contribution in [3.63, 3.8) is 0 Å². The molecule has 1 fully saturated rings. The zero-order valence-corrected chi connectivity index (χ0v) is 9.93. The Hall–Kier alpha value is 0.970. The summed E-state index contributed by atoms with van der Waals surface area (Å²) in [4.78, 5) is 0. The molecule has 0 aliphatic carbocycles. The third-order valence-electron chi connectivity index (χ3n) is 1.39. The van der Waals surface area contributed by atoms with Crippen LogP contribution in [-0.4, -0.2) is 32.8 Å². The minimum atomic E-state index is -0.644. The van der Waals surface area contributed by atoms with Crippen LogP contribution in [0.2, 0.25) is 13.4 Å². The number of halogens is 1. The number of allylic oxidation sites excluding steroid dienone is 1. The Labute approximate surface area is 80.2 Å². The minimum Gasteiger partial charge on any atom is -1.00 e. The van der Waals surface area contributed by atoms with Gasteiger partial charge in [0.2, 0.25) is 0 Å². The maximum atomic E-state index is 5.25. The van der Waals surface area contributed by atoms with Crippen LogP contribution in [0.3, 0.4) is 0 Å². The van der Waals surface area contributed by atoms with Gasteiger partial charge in [-0.2, -0.15) is 0 Å². The maximum absolute atomic E-state index is 5.25. The summed E-state index contributed by atoms with van der Waals surface area (Å²) in [7, 11) is 0. The van der Waals surface area contributed by atoms with Crippen LogP contribution in [0.5, 0.6) is 0 Å². The molecule has 1 rings (SSSR count). The first kappa shape index (κ1) is 11.0. The van der Waals surface area contributed by atoms with E-state index in [1.807, 2.05) is 0 Å². The van der Waals surface area contributed by atoms with Crippen LogP contribution in [0.1, 0.15) is 0 Å². The second-order valence-corrected chi connectivity index (χ2v) is 8.87. The van der Waals surface area contributed by atoms with Crippen molar-refractivity contribution in [3.8, 4) is 0 Å². The molecule has 0 aromatic carbocycles. The smallest absolute Gasteiger partial charge is 1.00 e. The molecule has 0 bridgehead atoms. The van der Waals surface area contributed by atoms with Crippen molar-refractivity contribution in [3.05, 3.63) is 12.7 Å². The fourth-order valence-corrected chi connectivity index (χ4v) is 5.39. The minimum absolute atomic E-state index is 0. The molecule has 1 saturated heterocycles. The van der Waals surface area contributed by atoms with E-state index in [2.05, 4.69) is 12.7 Å². The van der Waals surface area contributed by atoms with Crippen molar-refractivity contribution in [2.24, 2.45) is 0 Å². The number of ether oxygens (including phenoxy) is 1. The van der Waals surface area contributed by atoms with E-state index in [-0.39, 0.29) is 17.0 Å². The van der Waals surface area contributed by atoms with Crippen LogP contribution in [0, 0.1) is 0 Å². The fourth-order valence-electron chi connectivity index (χ4n) is 0.891. The fraction of sp³-hybridized carbons (Fsp3) is 0.714. The normalized spacial score (nSPS) is 19.6. The standard InChI is InChI=1S/C7H13OTe.BrH/c1-2-5-9-6-3-8-4-7-9;/h2H,1,3-7H2;1H/q+1;/p-1.